The molecular formula is C20H19N3O2S. The van der Waals surface area contributed by atoms with Crippen LogP contribution in [-0.2, 0) is 9.59 Å². The average Bonchev–Trinajstić information content (AvgIpc) is 2.60. The first-order valence-electron chi connectivity index (χ1n) is 8.12. The number of hydrogen-bond donors (Lipinski definition) is 1. The molecule has 5 nitrogen and oxygen atoms in total. The SMILES string of the molecule is Cc1ccc(N2C(=O)/C(=C/c3ccc(N(C)C)cc3)C(=O)NC2=S)cc1. The Balaban J connectivity index is 1.95. The second kappa shape index (κ2) is 7.09. The van der Waals surface area contributed by atoms with Crippen LogP contribution in [0.2, 0.25) is 0 Å². The van der Waals surface area contributed by atoms with Crippen LogP contribution in [-0.4, -0.2) is 31.0 Å². The molecule has 0 spiro atoms. The topological polar surface area (TPSA) is 52.7 Å². The summed E-state index contributed by atoms with van der Waals surface area (Å²) in [6, 6.07) is 15.0. The van der Waals surface area contributed by atoms with Gasteiger partial charge in [0.15, 0.2) is 5.11 Å². The second-order valence-corrected chi connectivity index (χ2v) is 6.67. The molecule has 6 heteroatoms. The van der Waals surface area contributed by atoms with Crippen LogP contribution >= 0.6 is 12.2 Å². The fraction of sp³-hybridized carbons (Fsp3) is 0.150. The predicted octanol–water partition coefficient (Wildman–Crippen LogP) is 2.89. The minimum Gasteiger partial charge on any atom is -0.378 e. The Kier molecular flexibility index (Phi) is 4.86. The highest BCUT2D eigenvalue weighted by atomic mass is 32.1. The van der Waals surface area contributed by atoms with Crippen molar-refractivity contribution in [3.63, 3.8) is 0 Å². The van der Waals surface area contributed by atoms with Gasteiger partial charge in [-0.25, -0.2) is 0 Å². The second-order valence-electron chi connectivity index (χ2n) is 6.28. The van der Waals surface area contributed by atoms with E-state index in [4.69, 9.17) is 12.2 Å². The number of hydrogen-bond acceptors (Lipinski definition) is 4. The van der Waals surface area contributed by atoms with Crippen molar-refractivity contribution in [3.8, 4) is 0 Å². The maximum Gasteiger partial charge on any atom is 0.270 e. The molecule has 0 unspecified atom stereocenters. The molecule has 1 N–H and O–H groups in total. The first kappa shape index (κ1) is 17.8. The van der Waals surface area contributed by atoms with Crippen molar-refractivity contribution < 1.29 is 9.59 Å². The van der Waals surface area contributed by atoms with Gasteiger partial charge in [-0.2, -0.15) is 0 Å². The Bertz CT molecular complexity index is 900. The van der Waals surface area contributed by atoms with Crippen LogP contribution < -0.4 is 15.1 Å². The zero-order chi connectivity index (χ0) is 18.8. The van der Waals surface area contributed by atoms with Gasteiger partial charge in [-0.05, 0) is 55.0 Å². The number of carbonyl (C=O) groups excluding carboxylic acids is 2. The summed E-state index contributed by atoms with van der Waals surface area (Å²) in [5.74, 6) is -0.917. The molecule has 0 bridgehead atoms. The number of anilines is 2. The minimum absolute atomic E-state index is 0.0526. The van der Waals surface area contributed by atoms with E-state index in [9.17, 15) is 9.59 Å². The van der Waals surface area contributed by atoms with Crippen LogP contribution in [0.5, 0.6) is 0 Å². The van der Waals surface area contributed by atoms with Crippen molar-refractivity contribution in [2.75, 3.05) is 23.9 Å². The molecule has 2 aromatic rings. The highest BCUT2D eigenvalue weighted by Crippen LogP contribution is 2.23. The molecule has 0 aliphatic carbocycles. The summed E-state index contributed by atoms with van der Waals surface area (Å²) in [5, 5.41) is 2.68. The Morgan fingerprint density at radius 3 is 2.19 bits per heavy atom. The Hall–Kier alpha value is -2.99. The zero-order valence-electron chi connectivity index (χ0n) is 14.8. The first-order chi connectivity index (χ1) is 12.4. The molecule has 0 atom stereocenters. The van der Waals surface area contributed by atoms with E-state index < -0.39 is 11.8 Å². The monoisotopic (exact) mass is 365 g/mol. The number of thiocarbonyl (C=S) groups is 1. The molecule has 1 fully saturated rings. The van der Waals surface area contributed by atoms with E-state index in [-0.39, 0.29) is 10.7 Å². The van der Waals surface area contributed by atoms with Gasteiger partial charge in [0.1, 0.15) is 5.57 Å². The summed E-state index contributed by atoms with van der Waals surface area (Å²) < 4.78 is 0. The van der Waals surface area contributed by atoms with Crippen LogP contribution in [0.1, 0.15) is 11.1 Å². The van der Waals surface area contributed by atoms with Gasteiger partial charge in [0.2, 0.25) is 0 Å². The van der Waals surface area contributed by atoms with Crippen molar-refractivity contribution >= 4 is 46.6 Å². The van der Waals surface area contributed by atoms with Crippen LogP contribution in [0.15, 0.2) is 54.1 Å². The number of rotatable bonds is 3. The average molecular weight is 365 g/mol. The van der Waals surface area contributed by atoms with Gasteiger partial charge >= 0.3 is 0 Å². The summed E-state index contributed by atoms with van der Waals surface area (Å²) in [6.45, 7) is 1.96. The Labute approximate surface area is 157 Å². The standard InChI is InChI=1S/C20H19N3O2S/c1-13-4-8-16(9-5-13)23-19(25)17(18(24)21-20(23)26)12-14-6-10-15(11-7-14)22(2)3/h4-12H,1-3H3,(H,21,24,26)/b17-12+. The van der Waals surface area contributed by atoms with E-state index in [1.54, 1.807) is 18.2 Å². The molecule has 0 radical (unpaired) electrons. The normalized spacial score (nSPS) is 16.0. The van der Waals surface area contributed by atoms with Crippen molar-refractivity contribution in [2.45, 2.75) is 6.92 Å². The number of benzene rings is 2. The maximum absolute atomic E-state index is 12.9. The van der Waals surface area contributed by atoms with Gasteiger partial charge in [-0.1, -0.05) is 29.8 Å². The summed E-state index contributed by atoms with van der Waals surface area (Å²) in [4.78, 5) is 28.5. The fourth-order valence-electron chi connectivity index (χ4n) is 2.62. The summed E-state index contributed by atoms with van der Waals surface area (Å²) >= 11 is 5.20. The van der Waals surface area contributed by atoms with Gasteiger partial charge in [0.05, 0.1) is 5.69 Å². The molecule has 0 saturated carbocycles. The number of nitrogens with one attached hydrogen (secondary N) is 1. The lowest BCUT2D eigenvalue weighted by Crippen LogP contribution is -2.54. The van der Waals surface area contributed by atoms with Gasteiger partial charge in [0, 0.05) is 19.8 Å². The number of nitrogens with zero attached hydrogens (tertiary/aromatic N) is 2. The van der Waals surface area contributed by atoms with Crippen molar-refractivity contribution in [3.05, 3.63) is 65.2 Å². The van der Waals surface area contributed by atoms with Gasteiger partial charge in [0.25, 0.3) is 11.8 Å². The Morgan fingerprint density at radius 2 is 1.62 bits per heavy atom. The molecule has 2 amide bonds. The maximum atomic E-state index is 12.9. The highest BCUT2D eigenvalue weighted by molar-refractivity contribution is 7.80. The Morgan fingerprint density at radius 1 is 1.00 bits per heavy atom. The summed E-state index contributed by atoms with van der Waals surface area (Å²) in [6.07, 6.45) is 1.58. The number of aryl methyl sites for hydroxylation is 1. The third kappa shape index (κ3) is 3.50. The van der Waals surface area contributed by atoms with Crippen LogP contribution in [0.25, 0.3) is 6.08 Å². The lowest BCUT2D eigenvalue weighted by Gasteiger charge is -2.29. The van der Waals surface area contributed by atoms with E-state index in [0.717, 1.165) is 16.8 Å². The summed E-state index contributed by atoms with van der Waals surface area (Å²) in [5.41, 5.74) is 3.56. The van der Waals surface area contributed by atoms with Crippen LogP contribution in [0, 0.1) is 6.92 Å². The molecule has 1 heterocycles. The lowest BCUT2D eigenvalue weighted by molar-refractivity contribution is -0.122. The molecule has 26 heavy (non-hydrogen) atoms. The smallest absolute Gasteiger partial charge is 0.270 e. The third-order valence-electron chi connectivity index (χ3n) is 4.11. The van der Waals surface area contributed by atoms with Crippen molar-refractivity contribution in [2.24, 2.45) is 0 Å². The third-order valence-corrected chi connectivity index (χ3v) is 4.40. The fourth-order valence-corrected chi connectivity index (χ4v) is 2.90. The largest absolute Gasteiger partial charge is 0.378 e. The van der Waals surface area contributed by atoms with Gasteiger partial charge < -0.3 is 4.90 Å². The van der Waals surface area contributed by atoms with E-state index in [1.165, 1.54) is 4.90 Å². The van der Waals surface area contributed by atoms with E-state index >= 15 is 0 Å². The molecule has 1 saturated heterocycles. The van der Waals surface area contributed by atoms with Gasteiger partial charge in [-0.3, -0.25) is 19.8 Å². The van der Waals surface area contributed by atoms with E-state index in [2.05, 4.69) is 5.32 Å². The van der Waals surface area contributed by atoms with E-state index in [1.807, 2.05) is 62.3 Å². The predicted molar refractivity (Wildman–Crippen MR) is 108 cm³/mol. The lowest BCUT2D eigenvalue weighted by atomic mass is 10.1. The van der Waals surface area contributed by atoms with E-state index in [0.29, 0.717) is 5.69 Å². The summed E-state index contributed by atoms with van der Waals surface area (Å²) in [7, 11) is 3.90. The number of amides is 2. The quantitative estimate of drug-likeness (QED) is 0.516. The van der Waals surface area contributed by atoms with Crippen molar-refractivity contribution in [1.82, 2.24) is 5.32 Å². The zero-order valence-corrected chi connectivity index (χ0v) is 15.6. The van der Waals surface area contributed by atoms with Crippen LogP contribution in [0.4, 0.5) is 11.4 Å². The first-order valence-corrected chi connectivity index (χ1v) is 8.53. The highest BCUT2D eigenvalue weighted by Gasteiger charge is 2.34. The molecule has 1 aliphatic rings. The molecule has 0 aromatic heterocycles. The molecule has 2 aromatic carbocycles. The number of carbonyl (C=O) groups is 2. The van der Waals surface area contributed by atoms with Crippen molar-refractivity contribution in [1.29, 1.82) is 0 Å². The van der Waals surface area contributed by atoms with Crippen LogP contribution in [0.3, 0.4) is 0 Å². The molecular weight excluding hydrogens is 346 g/mol. The van der Waals surface area contributed by atoms with Gasteiger partial charge in [-0.15, -0.1) is 0 Å². The molecule has 3 rings (SSSR count). The minimum atomic E-state index is -0.486. The molecule has 132 valence electrons. The molecule has 1 aliphatic heterocycles.